The minimum Gasteiger partial charge on any atom is -0.493 e. The summed E-state index contributed by atoms with van der Waals surface area (Å²) in [5, 5.41) is 6.15. The number of fused-ring (bicyclic) bond motifs is 6. The van der Waals surface area contributed by atoms with E-state index >= 15 is 0 Å². The van der Waals surface area contributed by atoms with Crippen LogP contribution in [0.4, 0.5) is 0 Å². The molecule has 33 heavy (non-hydrogen) atoms. The van der Waals surface area contributed by atoms with Gasteiger partial charge in [0.05, 0.1) is 30.6 Å². The molecule has 0 radical (unpaired) electrons. The van der Waals surface area contributed by atoms with Crippen LogP contribution >= 0.6 is 0 Å². The van der Waals surface area contributed by atoms with Gasteiger partial charge in [-0.3, -0.25) is 14.7 Å². The number of ether oxygens (including phenoxy) is 4. The average molecular weight is 450 g/mol. The van der Waals surface area contributed by atoms with Crippen molar-refractivity contribution in [2.75, 3.05) is 48.3 Å². The molecule has 2 aromatic heterocycles. The molecule has 0 unspecified atom stereocenters. The van der Waals surface area contributed by atoms with Gasteiger partial charge >= 0.3 is 0 Å². The molecule has 9 heteroatoms. The van der Waals surface area contributed by atoms with Crippen LogP contribution in [-0.4, -0.2) is 62.8 Å². The second kappa shape index (κ2) is 8.42. The summed E-state index contributed by atoms with van der Waals surface area (Å²) in [4.78, 5) is 20.6. The zero-order chi connectivity index (χ0) is 23.1. The van der Waals surface area contributed by atoms with Crippen LogP contribution in [0.5, 0.6) is 23.0 Å². The fourth-order valence-corrected chi connectivity index (χ4v) is 4.41. The Labute approximate surface area is 190 Å². The third-order valence-electron chi connectivity index (χ3n) is 6.03. The molecule has 1 aliphatic rings. The van der Waals surface area contributed by atoms with E-state index in [1.165, 1.54) is 0 Å². The van der Waals surface area contributed by atoms with Crippen LogP contribution in [0.1, 0.15) is 0 Å². The Morgan fingerprint density at radius 3 is 2.42 bits per heavy atom. The van der Waals surface area contributed by atoms with E-state index in [-0.39, 0.29) is 12.4 Å². The summed E-state index contributed by atoms with van der Waals surface area (Å²) in [7, 11) is 7.05. The van der Waals surface area contributed by atoms with Gasteiger partial charge in [-0.05, 0) is 32.3 Å². The smallest absolute Gasteiger partial charge is 0.259 e. The lowest BCUT2D eigenvalue weighted by Crippen LogP contribution is -2.33. The molecule has 1 N–H and O–H groups in total. The third-order valence-corrected chi connectivity index (χ3v) is 6.03. The third kappa shape index (κ3) is 3.49. The number of nitrogens with one attached hydrogen (secondary N) is 1. The molecular formula is C24H26N4O5. The van der Waals surface area contributed by atoms with E-state index in [2.05, 4.69) is 15.2 Å². The zero-order valence-electron chi connectivity index (χ0n) is 19.1. The molecule has 0 spiro atoms. The van der Waals surface area contributed by atoms with Crippen molar-refractivity contribution in [3.63, 3.8) is 0 Å². The van der Waals surface area contributed by atoms with E-state index < -0.39 is 0 Å². The van der Waals surface area contributed by atoms with Crippen molar-refractivity contribution in [2.24, 2.45) is 0 Å². The number of benzene rings is 2. The molecule has 0 fully saturated rings. The predicted octanol–water partition coefficient (Wildman–Crippen LogP) is 2.56. The van der Waals surface area contributed by atoms with Gasteiger partial charge in [-0.1, -0.05) is 0 Å². The van der Waals surface area contributed by atoms with E-state index in [1.807, 2.05) is 36.9 Å². The number of nitrogens with zero attached hydrogens (tertiary/aromatic N) is 3. The maximum absolute atomic E-state index is 13.8. The molecule has 172 valence electrons. The minimum atomic E-state index is -0.0959. The first-order chi connectivity index (χ1) is 16.0. The Morgan fingerprint density at radius 1 is 1.03 bits per heavy atom. The van der Waals surface area contributed by atoms with Crippen molar-refractivity contribution in [3.8, 4) is 23.0 Å². The van der Waals surface area contributed by atoms with Gasteiger partial charge in [0.2, 0.25) is 6.79 Å². The lowest BCUT2D eigenvalue weighted by molar-refractivity contribution is 0.174. The summed E-state index contributed by atoms with van der Waals surface area (Å²) in [6, 6.07) is 7.36. The molecule has 0 bridgehead atoms. The Hall–Kier alpha value is -3.56. The molecular weight excluding hydrogens is 424 g/mol. The van der Waals surface area contributed by atoms with E-state index in [4.69, 9.17) is 18.9 Å². The SMILES string of the molecule is CNCN(C)CCn1c(=O)c2cc(OC)c(OC)cc2c2cnc3cc4c(cc3c21)OCO4. The summed E-state index contributed by atoms with van der Waals surface area (Å²) < 4.78 is 23.9. The lowest BCUT2D eigenvalue weighted by Gasteiger charge is -2.20. The summed E-state index contributed by atoms with van der Waals surface area (Å²) in [5.74, 6) is 2.38. The molecule has 0 saturated carbocycles. The highest BCUT2D eigenvalue weighted by molar-refractivity contribution is 6.15. The number of methoxy groups -OCH3 is 2. The maximum atomic E-state index is 13.8. The van der Waals surface area contributed by atoms with Crippen LogP contribution < -0.4 is 29.8 Å². The highest BCUT2D eigenvalue weighted by atomic mass is 16.7. The molecule has 0 atom stereocenters. The summed E-state index contributed by atoms with van der Waals surface area (Å²) in [5.41, 5.74) is 1.45. The van der Waals surface area contributed by atoms with Gasteiger partial charge in [0.15, 0.2) is 23.0 Å². The topological polar surface area (TPSA) is 87.1 Å². The van der Waals surface area contributed by atoms with E-state index in [1.54, 1.807) is 26.5 Å². The summed E-state index contributed by atoms with van der Waals surface area (Å²) in [6.45, 7) is 2.08. The van der Waals surface area contributed by atoms with Crippen LogP contribution in [0.25, 0.3) is 32.6 Å². The monoisotopic (exact) mass is 450 g/mol. The molecule has 0 aliphatic carbocycles. The van der Waals surface area contributed by atoms with Crippen LogP contribution in [0.15, 0.2) is 35.3 Å². The van der Waals surface area contributed by atoms with Crippen LogP contribution in [0, 0.1) is 0 Å². The van der Waals surface area contributed by atoms with Gasteiger partial charge in [0, 0.05) is 48.2 Å². The number of likely N-dealkylation sites (N-methyl/N-ethyl adjacent to an activating group) is 1. The van der Waals surface area contributed by atoms with Crippen molar-refractivity contribution in [1.29, 1.82) is 0 Å². The number of pyridine rings is 2. The highest BCUT2D eigenvalue weighted by Gasteiger charge is 2.21. The molecule has 0 saturated heterocycles. The molecule has 1 aliphatic heterocycles. The first kappa shape index (κ1) is 21.3. The first-order valence-electron chi connectivity index (χ1n) is 10.7. The fourth-order valence-electron chi connectivity index (χ4n) is 4.41. The van der Waals surface area contributed by atoms with E-state index in [9.17, 15) is 4.79 Å². The minimum absolute atomic E-state index is 0.0959. The van der Waals surface area contributed by atoms with Crippen molar-refractivity contribution in [1.82, 2.24) is 19.8 Å². The van der Waals surface area contributed by atoms with Crippen molar-refractivity contribution in [2.45, 2.75) is 6.54 Å². The van der Waals surface area contributed by atoms with Crippen molar-refractivity contribution in [3.05, 3.63) is 40.8 Å². The molecule has 2 aromatic carbocycles. The largest absolute Gasteiger partial charge is 0.493 e. The Bertz CT molecular complexity index is 1430. The number of aromatic nitrogens is 2. The zero-order valence-corrected chi connectivity index (χ0v) is 19.1. The predicted molar refractivity (Wildman–Crippen MR) is 127 cm³/mol. The van der Waals surface area contributed by atoms with Gasteiger partial charge in [-0.2, -0.15) is 0 Å². The Balaban J connectivity index is 1.86. The number of rotatable bonds is 7. The fraction of sp³-hybridized carbons (Fsp3) is 0.333. The lowest BCUT2D eigenvalue weighted by atomic mass is 10.0. The van der Waals surface area contributed by atoms with Crippen LogP contribution in [0.3, 0.4) is 0 Å². The quantitative estimate of drug-likeness (QED) is 0.340. The van der Waals surface area contributed by atoms with Crippen molar-refractivity contribution >= 4 is 32.6 Å². The standard InChI is InChI=1S/C24H26N4O5/c1-25-12-27(2)5-6-28-23-16-9-21-22(33-13-32-21)10-18(16)26-11-17(23)14-7-19(30-3)20(31-4)8-15(14)24(28)29/h7-11,25H,5-6,12-13H2,1-4H3. The summed E-state index contributed by atoms with van der Waals surface area (Å²) in [6.07, 6.45) is 1.81. The van der Waals surface area contributed by atoms with E-state index in [0.29, 0.717) is 48.1 Å². The molecule has 0 amide bonds. The van der Waals surface area contributed by atoms with Crippen molar-refractivity contribution < 1.29 is 18.9 Å². The number of hydrogen-bond acceptors (Lipinski definition) is 8. The molecule has 5 rings (SSSR count). The van der Waals surface area contributed by atoms with Gasteiger partial charge in [0.25, 0.3) is 5.56 Å². The van der Waals surface area contributed by atoms with Gasteiger partial charge in [0.1, 0.15) is 0 Å². The highest BCUT2D eigenvalue weighted by Crippen LogP contribution is 2.40. The first-order valence-corrected chi connectivity index (χ1v) is 10.7. The van der Waals surface area contributed by atoms with Gasteiger partial charge < -0.3 is 28.8 Å². The normalized spacial score (nSPS) is 12.9. The summed E-state index contributed by atoms with van der Waals surface area (Å²) >= 11 is 0. The van der Waals surface area contributed by atoms with Gasteiger partial charge in [-0.15, -0.1) is 0 Å². The maximum Gasteiger partial charge on any atom is 0.259 e. The number of hydrogen-bond donors (Lipinski definition) is 1. The Kier molecular flexibility index (Phi) is 5.43. The average Bonchev–Trinajstić information content (AvgIpc) is 3.29. The molecule has 3 heterocycles. The second-order valence-corrected chi connectivity index (χ2v) is 8.04. The molecule has 9 nitrogen and oxygen atoms in total. The Morgan fingerprint density at radius 2 is 1.73 bits per heavy atom. The van der Waals surface area contributed by atoms with Crippen LogP contribution in [0.2, 0.25) is 0 Å². The van der Waals surface area contributed by atoms with Gasteiger partial charge in [-0.25, -0.2) is 0 Å². The second-order valence-electron chi connectivity index (χ2n) is 8.04. The molecule has 4 aromatic rings. The van der Waals surface area contributed by atoms with E-state index in [0.717, 1.165) is 27.2 Å². The van der Waals surface area contributed by atoms with Crippen LogP contribution in [-0.2, 0) is 6.54 Å².